The molecule has 7 aliphatic rings. The molecule has 0 aromatic heterocycles. The predicted octanol–water partition coefficient (Wildman–Crippen LogP) is -17.1. The quantitative estimate of drug-likeness (QED) is 0.0318. The molecule has 105 heavy (non-hydrogen) atoms. The van der Waals surface area contributed by atoms with Gasteiger partial charge in [-0.3, -0.25) is 24.0 Å². The van der Waals surface area contributed by atoms with Crippen LogP contribution in [0.1, 0.15) is 47.5 Å². The molecule has 7 fully saturated rings. The monoisotopic (exact) mass is 1530 g/mol. The highest BCUT2D eigenvalue weighted by Gasteiger charge is 2.64. The Kier molecular flexibility index (Phi) is 30.8. The highest BCUT2D eigenvalue weighted by atomic mass is 16.8. The molecule has 0 aromatic carbocycles. The summed E-state index contributed by atoms with van der Waals surface area (Å²) in [5.74, 6) is -15.3. The third-order valence-electron chi connectivity index (χ3n) is 18.5. The van der Waals surface area contributed by atoms with Crippen LogP contribution in [0.15, 0.2) is 0 Å². The molecule has 5 amide bonds. The Morgan fingerprint density at radius 2 is 0.724 bits per heavy atom. The highest BCUT2D eigenvalue weighted by Crippen LogP contribution is 2.42. The van der Waals surface area contributed by atoms with Crippen LogP contribution in [-0.2, 0) is 95.1 Å². The van der Waals surface area contributed by atoms with Crippen molar-refractivity contribution in [3.05, 3.63) is 0 Å². The zero-order valence-electron chi connectivity index (χ0n) is 56.6. The van der Waals surface area contributed by atoms with Crippen LogP contribution in [0.5, 0.6) is 0 Å². The molecule has 0 radical (unpaired) electrons. The lowest BCUT2D eigenvalue weighted by molar-refractivity contribution is -0.385. The van der Waals surface area contributed by atoms with E-state index >= 15 is 0 Å². The SMILES string of the molecule is CC(=O)N[C@@H]1[C@@H](O[C@@H]2O[C@H](CO)[C@@H](O[C@@H]3O[C@H](CO)[C@H](O)[C@H](O[C@]4(C(=O)O)C[C@H](O)[C@@H](NC(C)=O)[C@H]([C@H](O)[C@H](O)CO)O4)[C@H]3O)[C@H](O)[C@H]2NC(C)=O)[C@@H](O)[C@@H](CO[C@@H]2O[C@H](CO)[C@@H](O)[C@H](O[C@@H]3O[C@H](CO)[C@H](O)[C@H](O[C@]4(C(=O)O)C[C@H](O)[C@@H](NC(C)=O)[C@H]([C@H](O)[C@H](O)CO)O4)[C@H]3O)[C@H]2NC(C)=O)O[C@@H]1O. The van der Waals surface area contributed by atoms with Gasteiger partial charge in [0.05, 0.1) is 70.5 Å². The van der Waals surface area contributed by atoms with Crippen LogP contribution in [0.2, 0.25) is 0 Å². The number of carbonyl (C=O) groups excluding carboxylic acids is 5. The summed E-state index contributed by atoms with van der Waals surface area (Å²) in [5, 5.41) is 253. The molecule has 0 unspecified atom stereocenters. The summed E-state index contributed by atoms with van der Waals surface area (Å²) in [6.07, 6.45) is -67.2. The number of carboxylic acids is 2. The molecule has 0 bridgehead atoms. The zero-order valence-corrected chi connectivity index (χ0v) is 56.6. The second-order valence-electron chi connectivity index (χ2n) is 26.1. The van der Waals surface area contributed by atoms with E-state index in [0.29, 0.717) is 0 Å². The van der Waals surface area contributed by atoms with Gasteiger partial charge in [0.1, 0.15) is 159 Å². The maximum absolute atomic E-state index is 13.2. The second-order valence-corrected chi connectivity index (χ2v) is 26.1. The number of aliphatic carboxylic acids is 2. The number of hydrogen-bond donors (Lipinski definition) is 27. The van der Waals surface area contributed by atoms with Crippen LogP contribution >= 0.6 is 0 Å². The highest BCUT2D eigenvalue weighted by molar-refractivity contribution is 5.78. The van der Waals surface area contributed by atoms with Crippen molar-refractivity contribution in [2.45, 2.75) is 273 Å². The minimum atomic E-state index is -3.26. The number of nitrogens with one attached hydrogen (secondary N) is 5. The van der Waals surface area contributed by atoms with Crippen LogP contribution in [0.4, 0.5) is 0 Å². The average molecular weight is 1530 g/mol. The molecule has 7 saturated heterocycles. The summed E-state index contributed by atoms with van der Waals surface area (Å²) in [5.41, 5.74) is 0. The van der Waals surface area contributed by atoms with Crippen molar-refractivity contribution in [1.82, 2.24) is 26.6 Å². The van der Waals surface area contributed by atoms with Gasteiger partial charge in [0.2, 0.25) is 29.5 Å². The maximum atomic E-state index is 13.2. The molecule has 37 atom stereocenters. The molecule has 0 saturated carbocycles. The molecule has 47 nitrogen and oxygen atoms in total. The minimum Gasteiger partial charge on any atom is -0.477 e. The van der Waals surface area contributed by atoms with Crippen molar-refractivity contribution in [2.24, 2.45) is 0 Å². The van der Waals surface area contributed by atoms with Crippen LogP contribution in [0, 0.1) is 0 Å². The van der Waals surface area contributed by atoms with E-state index in [1.54, 1.807) is 0 Å². The number of carboxylic acid groups (broad SMARTS) is 2. The Morgan fingerprint density at radius 3 is 1.11 bits per heavy atom. The van der Waals surface area contributed by atoms with Crippen molar-refractivity contribution in [2.75, 3.05) is 46.2 Å². The standard InChI is InChI=1S/C58H95N5O42/c1-15(70)59-29-20(75)6-57(55(89)90,102-46(29)34(79)22(77)8-64)104-48-37(82)25(11-67)96-53(41(48)86)99-43-27(13-69)98-52(31(40(43)85)61-17(3)72)100-44-32(62-18(4)73)50(88)94-28(39(44)84)14-93-51-33(63-19(5)74)45(36(81)24(10-66)95-51)101-54-42(87)49(38(83)26(12-68)97-54)105-58(56(91)92)7-21(76)30(60-16(2)71)47(103-58)35(80)23(78)9-65/h20-54,64-69,75-88H,6-14H2,1-5H3,(H,59,70)(H,60,71)(H,61,72)(H,62,73)(H,63,74)(H,89,90)(H,91,92)/t20-,21-,22+,23+,24+,25+,26+,27+,28+,29+,30+,31+,32+,33+,34+,35+,36+,37-,38-,39-,40+,41+,42+,43+,44+,45+,46+,47+,48-,49-,50-,51+,52-,53-,54-,57-,58-/m0/s1. The topological polar surface area (TPSA) is 745 Å². The lowest BCUT2D eigenvalue weighted by Gasteiger charge is -2.51. The average Bonchev–Trinajstić information content (AvgIpc) is 0.789. The van der Waals surface area contributed by atoms with Gasteiger partial charge in [0.25, 0.3) is 11.6 Å². The molecule has 0 aliphatic carbocycles. The molecular formula is C58H95N5O42. The fourth-order valence-electron chi connectivity index (χ4n) is 13.3. The van der Waals surface area contributed by atoms with Gasteiger partial charge < -0.3 is 201 Å². The van der Waals surface area contributed by atoms with Crippen LogP contribution in [-0.4, -0.2) is 426 Å². The smallest absolute Gasteiger partial charge is 0.364 e. The number of hydrogen-bond acceptors (Lipinski definition) is 40. The van der Waals surface area contributed by atoms with E-state index in [9.17, 15) is 146 Å². The lowest BCUT2D eigenvalue weighted by atomic mass is 9.88. The summed E-state index contributed by atoms with van der Waals surface area (Å²) in [4.78, 5) is 89.3. The van der Waals surface area contributed by atoms with Crippen molar-refractivity contribution < 1.29 is 207 Å². The van der Waals surface area contributed by atoms with E-state index in [1.165, 1.54) is 0 Å². The van der Waals surface area contributed by atoms with E-state index in [-0.39, 0.29) is 0 Å². The summed E-state index contributed by atoms with van der Waals surface area (Å²) >= 11 is 0. The van der Waals surface area contributed by atoms with Gasteiger partial charge in [0.15, 0.2) is 31.5 Å². The van der Waals surface area contributed by atoms with Gasteiger partial charge in [-0.25, -0.2) is 9.59 Å². The van der Waals surface area contributed by atoms with E-state index in [0.717, 1.165) is 34.6 Å². The largest absolute Gasteiger partial charge is 0.477 e. The molecule has 604 valence electrons. The van der Waals surface area contributed by atoms with Crippen LogP contribution in [0.25, 0.3) is 0 Å². The van der Waals surface area contributed by atoms with Crippen molar-refractivity contribution in [3.63, 3.8) is 0 Å². The van der Waals surface area contributed by atoms with Gasteiger partial charge in [0, 0.05) is 47.5 Å². The number of ether oxygens (including phenoxy) is 13. The van der Waals surface area contributed by atoms with Crippen molar-refractivity contribution >= 4 is 41.5 Å². The normalized spacial score (nSPS) is 43.6. The van der Waals surface area contributed by atoms with E-state index < -0.39 is 326 Å². The predicted molar refractivity (Wildman–Crippen MR) is 324 cm³/mol. The van der Waals surface area contributed by atoms with Crippen molar-refractivity contribution in [3.8, 4) is 0 Å². The first-order chi connectivity index (χ1) is 49.3. The Bertz CT molecular complexity index is 2900. The third kappa shape index (κ3) is 19.6. The summed E-state index contributed by atoms with van der Waals surface area (Å²) in [7, 11) is 0. The first kappa shape index (κ1) is 87.2. The molecule has 0 spiro atoms. The lowest BCUT2D eigenvalue weighted by Crippen LogP contribution is -2.72. The Hall–Kier alpha value is -5.03. The summed E-state index contributed by atoms with van der Waals surface area (Å²) in [6.45, 7) is -3.35. The fourth-order valence-corrected chi connectivity index (χ4v) is 13.3. The molecule has 27 N–H and O–H groups in total. The molecular weight excluding hydrogens is 1440 g/mol. The Morgan fingerprint density at radius 1 is 0.390 bits per heavy atom. The van der Waals surface area contributed by atoms with Gasteiger partial charge in [-0.2, -0.15) is 0 Å². The Balaban J connectivity index is 1.13. The first-order valence-corrected chi connectivity index (χ1v) is 32.9. The molecule has 7 aliphatic heterocycles. The number of aliphatic hydroxyl groups excluding tert-OH is 20. The first-order valence-electron chi connectivity index (χ1n) is 32.9. The third-order valence-corrected chi connectivity index (χ3v) is 18.5. The number of amides is 5. The molecule has 0 aromatic rings. The van der Waals surface area contributed by atoms with Gasteiger partial charge >= 0.3 is 11.9 Å². The van der Waals surface area contributed by atoms with Crippen LogP contribution in [0.3, 0.4) is 0 Å². The van der Waals surface area contributed by atoms with Crippen LogP contribution < -0.4 is 26.6 Å². The Labute approximate surface area is 593 Å². The van der Waals surface area contributed by atoms with E-state index in [4.69, 9.17) is 61.6 Å². The summed E-state index contributed by atoms with van der Waals surface area (Å²) in [6, 6.07) is -9.16. The second kappa shape index (κ2) is 37.1. The van der Waals surface area contributed by atoms with E-state index in [1.807, 2.05) is 0 Å². The zero-order chi connectivity index (χ0) is 78.3. The summed E-state index contributed by atoms with van der Waals surface area (Å²) < 4.78 is 75.6. The number of carbonyl (C=O) groups is 7. The van der Waals surface area contributed by atoms with Crippen molar-refractivity contribution in [1.29, 1.82) is 0 Å². The number of aliphatic hydroxyl groups is 20. The number of rotatable bonds is 30. The molecule has 47 heteroatoms. The van der Waals surface area contributed by atoms with Gasteiger partial charge in [-0.15, -0.1) is 0 Å². The van der Waals surface area contributed by atoms with Gasteiger partial charge in [-0.05, 0) is 0 Å². The maximum Gasteiger partial charge on any atom is 0.364 e. The minimum absolute atomic E-state index is 0.857. The fraction of sp³-hybridized carbons (Fsp3) is 0.879. The van der Waals surface area contributed by atoms with E-state index in [2.05, 4.69) is 26.6 Å². The molecule has 7 rings (SSSR count). The molecule has 7 heterocycles. The van der Waals surface area contributed by atoms with Gasteiger partial charge in [-0.1, -0.05) is 0 Å².